The van der Waals surface area contributed by atoms with Crippen molar-refractivity contribution in [2.45, 2.75) is 25.7 Å². The molecule has 0 aliphatic heterocycles. The van der Waals surface area contributed by atoms with Crippen molar-refractivity contribution in [3.05, 3.63) is 0 Å². The minimum absolute atomic E-state index is 0.0895. The van der Waals surface area contributed by atoms with E-state index in [2.05, 4.69) is 9.47 Å². The quantitative estimate of drug-likeness (QED) is 0.523. The van der Waals surface area contributed by atoms with Crippen LogP contribution in [0.15, 0.2) is 0 Å². The monoisotopic (exact) mass is 202 g/mol. The Bertz CT molecular complexity index is 157. The summed E-state index contributed by atoms with van der Waals surface area (Å²) in [6.07, 6.45) is 2.48. The van der Waals surface area contributed by atoms with E-state index >= 15 is 0 Å². The van der Waals surface area contributed by atoms with Crippen LogP contribution in [0.1, 0.15) is 25.7 Å². The van der Waals surface area contributed by atoms with E-state index < -0.39 is 0 Å². The Morgan fingerprint density at radius 2 is 1.21 bits per heavy atom. The highest BCUT2D eigenvalue weighted by molar-refractivity contribution is 5.80. The third kappa shape index (κ3) is 7.89. The predicted molar refractivity (Wildman–Crippen MR) is 52.2 cm³/mol. The number of hydrogen-bond acceptors (Lipinski definition) is 4. The molecule has 0 N–H and O–H groups in total. The average Bonchev–Trinajstić information content (AvgIpc) is 2.13. The highest BCUT2D eigenvalue weighted by atomic mass is 16.5. The molecule has 4 nitrogen and oxygen atoms in total. The molecule has 14 heavy (non-hydrogen) atoms. The number of carbonyl (C=O) groups excluding carboxylic acids is 2. The summed E-state index contributed by atoms with van der Waals surface area (Å²) < 4.78 is 9.37. The van der Waals surface area contributed by atoms with Gasteiger partial charge in [0.15, 0.2) is 11.6 Å². The molecule has 0 bridgehead atoms. The van der Waals surface area contributed by atoms with Crippen LogP contribution in [-0.4, -0.2) is 39.0 Å². The molecule has 0 aliphatic rings. The number of hydrogen-bond donors (Lipinski definition) is 0. The van der Waals surface area contributed by atoms with Gasteiger partial charge in [0.1, 0.15) is 13.2 Å². The van der Waals surface area contributed by atoms with Crippen LogP contribution in [0.25, 0.3) is 0 Å². The fraction of sp³-hybridized carbons (Fsp3) is 0.800. The fourth-order valence-corrected chi connectivity index (χ4v) is 1.11. The summed E-state index contributed by atoms with van der Waals surface area (Å²) in [5.74, 6) is 0.179. The Kier molecular flexibility index (Phi) is 8.37. The maximum absolute atomic E-state index is 11.0. The van der Waals surface area contributed by atoms with Crippen molar-refractivity contribution >= 4 is 11.6 Å². The first-order valence-electron chi connectivity index (χ1n) is 4.72. The van der Waals surface area contributed by atoms with Crippen molar-refractivity contribution in [1.82, 2.24) is 0 Å². The van der Waals surface area contributed by atoms with E-state index in [1.165, 1.54) is 14.2 Å². The molecule has 4 heteroatoms. The standard InChI is InChI=1S/C10H18O4/c1-13-7-9(11)5-3-4-6-10(12)8-14-2/h3-8H2,1-2H3. The van der Waals surface area contributed by atoms with Gasteiger partial charge in [-0.15, -0.1) is 0 Å². The fourth-order valence-electron chi connectivity index (χ4n) is 1.11. The second-order valence-corrected chi connectivity index (χ2v) is 3.15. The lowest BCUT2D eigenvalue weighted by molar-refractivity contribution is -0.124. The zero-order valence-corrected chi connectivity index (χ0v) is 8.88. The van der Waals surface area contributed by atoms with E-state index in [0.717, 1.165) is 12.8 Å². The van der Waals surface area contributed by atoms with Crippen molar-refractivity contribution < 1.29 is 19.1 Å². The summed E-state index contributed by atoms with van der Waals surface area (Å²) in [6.45, 7) is 0.345. The number of unbranched alkanes of at least 4 members (excludes halogenated alkanes) is 1. The van der Waals surface area contributed by atoms with Crippen LogP contribution < -0.4 is 0 Å². The molecule has 0 aromatic heterocycles. The maximum Gasteiger partial charge on any atom is 0.158 e. The highest BCUT2D eigenvalue weighted by Crippen LogP contribution is 2.01. The number of carbonyl (C=O) groups is 2. The van der Waals surface area contributed by atoms with Gasteiger partial charge in [-0.1, -0.05) is 0 Å². The Hall–Kier alpha value is -0.740. The molecule has 0 unspecified atom stereocenters. The Labute approximate surface area is 84.6 Å². The summed E-state index contributed by atoms with van der Waals surface area (Å²) in [4.78, 5) is 22.0. The third-order valence-electron chi connectivity index (χ3n) is 1.77. The third-order valence-corrected chi connectivity index (χ3v) is 1.77. The van der Waals surface area contributed by atoms with Gasteiger partial charge in [-0.25, -0.2) is 0 Å². The molecule has 0 saturated carbocycles. The second-order valence-electron chi connectivity index (χ2n) is 3.15. The topological polar surface area (TPSA) is 52.6 Å². The molecule has 0 rings (SSSR count). The van der Waals surface area contributed by atoms with Crippen LogP contribution in [0.5, 0.6) is 0 Å². The van der Waals surface area contributed by atoms with Crippen molar-refractivity contribution in [3.63, 3.8) is 0 Å². The van der Waals surface area contributed by atoms with Crippen molar-refractivity contribution in [1.29, 1.82) is 0 Å². The molecule has 0 atom stereocenters. The molecule has 0 aromatic carbocycles. The lowest BCUT2D eigenvalue weighted by Crippen LogP contribution is -2.08. The lowest BCUT2D eigenvalue weighted by atomic mass is 10.1. The van der Waals surface area contributed by atoms with Gasteiger partial charge in [0.25, 0.3) is 0 Å². The average molecular weight is 202 g/mol. The van der Waals surface area contributed by atoms with Crippen LogP contribution in [0.2, 0.25) is 0 Å². The number of ketones is 2. The first-order valence-corrected chi connectivity index (χ1v) is 4.72. The van der Waals surface area contributed by atoms with Gasteiger partial charge < -0.3 is 9.47 Å². The van der Waals surface area contributed by atoms with Crippen molar-refractivity contribution in [2.75, 3.05) is 27.4 Å². The van der Waals surface area contributed by atoms with E-state index in [9.17, 15) is 9.59 Å². The Balaban J connectivity index is 3.28. The van der Waals surface area contributed by atoms with Crippen LogP contribution in [0.4, 0.5) is 0 Å². The molecule has 0 amide bonds. The number of ether oxygens (including phenoxy) is 2. The minimum atomic E-state index is 0.0895. The van der Waals surface area contributed by atoms with Crippen molar-refractivity contribution in [3.8, 4) is 0 Å². The molecule has 0 spiro atoms. The van der Waals surface area contributed by atoms with Crippen LogP contribution in [0, 0.1) is 0 Å². The largest absolute Gasteiger partial charge is 0.377 e. The first kappa shape index (κ1) is 13.3. The molecule has 0 saturated heterocycles. The van der Waals surface area contributed by atoms with E-state index in [1.807, 2.05) is 0 Å². The molecular weight excluding hydrogens is 184 g/mol. The number of methoxy groups -OCH3 is 2. The van der Waals surface area contributed by atoms with E-state index in [-0.39, 0.29) is 24.8 Å². The number of rotatable bonds is 9. The summed E-state index contributed by atoms with van der Waals surface area (Å²) in [5.41, 5.74) is 0. The normalized spacial score (nSPS) is 10.1. The van der Waals surface area contributed by atoms with Gasteiger partial charge in [0.05, 0.1) is 0 Å². The smallest absolute Gasteiger partial charge is 0.158 e. The Morgan fingerprint density at radius 3 is 1.50 bits per heavy atom. The molecule has 0 aromatic rings. The summed E-state index contributed by atoms with van der Waals surface area (Å²) in [7, 11) is 3.00. The van der Waals surface area contributed by atoms with Gasteiger partial charge in [-0.05, 0) is 12.8 Å². The van der Waals surface area contributed by atoms with Gasteiger partial charge in [-0.2, -0.15) is 0 Å². The van der Waals surface area contributed by atoms with Crippen molar-refractivity contribution in [2.24, 2.45) is 0 Å². The second kappa shape index (κ2) is 8.84. The maximum atomic E-state index is 11.0. The van der Waals surface area contributed by atoms with E-state index in [0.29, 0.717) is 12.8 Å². The van der Waals surface area contributed by atoms with Crippen LogP contribution in [0.3, 0.4) is 0 Å². The molecule has 0 heterocycles. The Morgan fingerprint density at radius 1 is 0.857 bits per heavy atom. The van der Waals surface area contributed by atoms with E-state index in [4.69, 9.17) is 0 Å². The van der Waals surface area contributed by atoms with Crippen LogP contribution >= 0.6 is 0 Å². The first-order chi connectivity index (χ1) is 6.70. The zero-order valence-electron chi connectivity index (χ0n) is 8.88. The SMILES string of the molecule is COCC(=O)CCCCC(=O)COC. The predicted octanol–water partition coefficient (Wildman–Crippen LogP) is 0.978. The molecule has 0 fully saturated rings. The van der Waals surface area contributed by atoms with Gasteiger partial charge in [-0.3, -0.25) is 9.59 Å². The lowest BCUT2D eigenvalue weighted by Gasteiger charge is -2.00. The summed E-state index contributed by atoms with van der Waals surface area (Å²) >= 11 is 0. The molecular formula is C10H18O4. The van der Waals surface area contributed by atoms with Crippen LogP contribution in [-0.2, 0) is 19.1 Å². The van der Waals surface area contributed by atoms with Gasteiger partial charge in [0, 0.05) is 27.1 Å². The van der Waals surface area contributed by atoms with Gasteiger partial charge in [0.2, 0.25) is 0 Å². The highest BCUT2D eigenvalue weighted by Gasteiger charge is 2.03. The summed E-state index contributed by atoms with van der Waals surface area (Å²) in [6, 6.07) is 0. The van der Waals surface area contributed by atoms with E-state index in [1.54, 1.807) is 0 Å². The summed E-state index contributed by atoms with van der Waals surface area (Å²) in [5, 5.41) is 0. The molecule has 0 radical (unpaired) electrons. The minimum Gasteiger partial charge on any atom is -0.377 e. The molecule has 0 aliphatic carbocycles. The van der Waals surface area contributed by atoms with Gasteiger partial charge >= 0.3 is 0 Å². The molecule has 82 valence electrons. The number of Topliss-reactive ketones (excluding diaryl/α,β-unsaturated/α-hetero) is 2. The zero-order chi connectivity index (χ0) is 10.8.